The predicted octanol–water partition coefficient (Wildman–Crippen LogP) is 3.19. The third kappa shape index (κ3) is 2.28. The van der Waals surface area contributed by atoms with E-state index >= 15 is 0 Å². The molecule has 0 atom stereocenters. The molecule has 1 heterocycles. The van der Waals surface area contributed by atoms with Crippen molar-refractivity contribution < 1.29 is 4.79 Å². The zero-order chi connectivity index (χ0) is 13.3. The van der Waals surface area contributed by atoms with Gasteiger partial charge < -0.3 is 5.32 Å². The highest BCUT2D eigenvalue weighted by Crippen LogP contribution is 2.32. The van der Waals surface area contributed by atoms with Gasteiger partial charge in [0.2, 0.25) is 0 Å². The van der Waals surface area contributed by atoms with E-state index in [0.29, 0.717) is 0 Å². The van der Waals surface area contributed by atoms with Crippen LogP contribution < -0.4 is 5.32 Å². The Kier molecular flexibility index (Phi) is 3.32. The number of aryl methyl sites for hydroxylation is 1. The molecule has 3 nitrogen and oxygen atoms in total. The number of carbonyl (C=O) groups excluding carboxylic acids is 1. The first kappa shape index (κ1) is 12.7. The van der Waals surface area contributed by atoms with Crippen LogP contribution in [0, 0.1) is 11.3 Å². The van der Waals surface area contributed by atoms with Gasteiger partial charge in [-0.15, -0.1) is 11.3 Å². The molecule has 1 fully saturated rings. The Hall–Kier alpha value is -1.34. The summed E-state index contributed by atoms with van der Waals surface area (Å²) in [4.78, 5) is 13.8. The summed E-state index contributed by atoms with van der Waals surface area (Å²) in [5, 5.41) is 14.3. The van der Waals surface area contributed by atoms with E-state index in [4.69, 9.17) is 0 Å². The Bertz CT molecular complexity index is 535. The molecular weight excluding hydrogens is 256 g/mol. The van der Waals surface area contributed by atoms with Crippen molar-refractivity contribution in [2.75, 3.05) is 0 Å². The van der Waals surface area contributed by atoms with E-state index in [9.17, 15) is 10.1 Å². The van der Waals surface area contributed by atoms with Crippen molar-refractivity contribution in [3.05, 3.63) is 21.4 Å². The third-order valence-electron chi connectivity index (χ3n) is 4.33. The minimum atomic E-state index is -0.611. The molecule has 0 saturated heterocycles. The van der Waals surface area contributed by atoms with Gasteiger partial charge in [0.1, 0.15) is 5.54 Å². The zero-order valence-corrected chi connectivity index (χ0v) is 11.8. The summed E-state index contributed by atoms with van der Waals surface area (Å²) >= 11 is 1.70. The number of nitrogens with one attached hydrogen (secondary N) is 1. The van der Waals surface area contributed by atoms with Gasteiger partial charge in [0.15, 0.2) is 0 Å². The van der Waals surface area contributed by atoms with Gasteiger partial charge in [-0.05, 0) is 56.9 Å². The van der Waals surface area contributed by atoms with Crippen LogP contribution in [0.25, 0.3) is 0 Å². The first-order valence-corrected chi connectivity index (χ1v) is 7.95. The van der Waals surface area contributed by atoms with Crippen molar-refractivity contribution in [2.24, 2.45) is 0 Å². The molecule has 0 spiro atoms. The summed E-state index contributed by atoms with van der Waals surface area (Å²) in [6.45, 7) is 0. The Balaban J connectivity index is 1.81. The number of hydrogen-bond donors (Lipinski definition) is 1. The summed E-state index contributed by atoms with van der Waals surface area (Å²) in [5.74, 6) is -0.0390. The van der Waals surface area contributed by atoms with Crippen LogP contribution in [0.1, 0.15) is 59.3 Å². The number of rotatable bonds is 2. The van der Waals surface area contributed by atoms with Gasteiger partial charge in [-0.25, -0.2) is 0 Å². The van der Waals surface area contributed by atoms with E-state index in [0.717, 1.165) is 44.1 Å². The topological polar surface area (TPSA) is 52.9 Å². The molecule has 2 aliphatic carbocycles. The first-order valence-electron chi connectivity index (χ1n) is 7.07. The Morgan fingerprint density at radius 2 is 2.00 bits per heavy atom. The molecule has 0 radical (unpaired) electrons. The molecule has 1 aromatic heterocycles. The highest BCUT2D eigenvalue weighted by atomic mass is 32.1. The quantitative estimate of drug-likeness (QED) is 0.900. The van der Waals surface area contributed by atoms with Gasteiger partial charge in [0.25, 0.3) is 5.91 Å². The van der Waals surface area contributed by atoms with E-state index in [2.05, 4.69) is 11.4 Å². The lowest BCUT2D eigenvalue weighted by Crippen LogP contribution is -2.45. The van der Waals surface area contributed by atoms with Gasteiger partial charge >= 0.3 is 0 Å². The maximum Gasteiger partial charge on any atom is 0.253 e. The second-order valence-corrected chi connectivity index (χ2v) is 6.58. The maximum atomic E-state index is 12.4. The molecule has 1 aromatic rings. The fourth-order valence-electron chi connectivity index (χ4n) is 3.21. The van der Waals surface area contributed by atoms with E-state index in [1.165, 1.54) is 23.3 Å². The standard InChI is InChI=1S/C15H18N2OS/c16-10-15(7-3-4-8-15)17-14(18)12-9-19-13-6-2-1-5-11(12)13/h9H,1-8H2,(H,17,18). The SMILES string of the molecule is N#CC1(NC(=O)c2csc3c2CCCC3)CCCC1. The van der Waals surface area contributed by atoms with Crippen molar-refractivity contribution in [3.63, 3.8) is 0 Å². The smallest absolute Gasteiger partial charge is 0.253 e. The second-order valence-electron chi connectivity index (χ2n) is 5.61. The molecule has 3 rings (SSSR count). The summed E-state index contributed by atoms with van der Waals surface area (Å²) in [6.07, 6.45) is 8.19. The highest BCUT2D eigenvalue weighted by Gasteiger charge is 2.36. The molecule has 0 bridgehead atoms. The van der Waals surface area contributed by atoms with Crippen molar-refractivity contribution >= 4 is 17.2 Å². The van der Waals surface area contributed by atoms with Gasteiger partial charge in [-0.2, -0.15) is 5.26 Å². The van der Waals surface area contributed by atoms with Crippen LogP contribution >= 0.6 is 11.3 Å². The summed E-state index contributed by atoms with van der Waals surface area (Å²) in [7, 11) is 0. The number of amides is 1. The molecule has 0 aliphatic heterocycles. The molecule has 100 valence electrons. The lowest BCUT2D eigenvalue weighted by molar-refractivity contribution is 0.0920. The molecule has 1 N–H and O–H groups in total. The van der Waals surface area contributed by atoms with Crippen LogP contribution in [0.3, 0.4) is 0 Å². The molecule has 1 saturated carbocycles. The van der Waals surface area contributed by atoms with E-state index in [1.54, 1.807) is 11.3 Å². The minimum Gasteiger partial charge on any atom is -0.334 e. The Morgan fingerprint density at radius 1 is 1.26 bits per heavy atom. The normalized spacial score (nSPS) is 20.6. The largest absolute Gasteiger partial charge is 0.334 e. The number of carbonyl (C=O) groups is 1. The minimum absolute atomic E-state index is 0.0390. The van der Waals surface area contributed by atoms with Crippen LogP contribution in [-0.4, -0.2) is 11.4 Å². The number of nitrogens with zero attached hydrogens (tertiary/aromatic N) is 1. The van der Waals surface area contributed by atoms with E-state index in [1.807, 2.05) is 5.38 Å². The number of thiophene rings is 1. The number of nitriles is 1. The molecule has 2 aliphatic rings. The fourth-order valence-corrected chi connectivity index (χ4v) is 4.34. The van der Waals surface area contributed by atoms with Crippen molar-refractivity contribution in [1.29, 1.82) is 5.26 Å². The second kappa shape index (κ2) is 4.97. The van der Waals surface area contributed by atoms with Gasteiger partial charge in [-0.3, -0.25) is 4.79 Å². The molecule has 19 heavy (non-hydrogen) atoms. The van der Waals surface area contributed by atoms with Crippen molar-refractivity contribution in [3.8, 4) is 6.07 Å². The zero-order valence-electron chi connectivity index (χ0n) is 11.0. The van der Waals surface area contributed by atoms with Crippen LogP contribution in [0.4, 0.5) is 0 Å². The van der Waals surface area contributed by atoms with Crippen LogP contribution in [-0.2, 0) is 12.8 Å². The fraction of sp³-hybridized carbons (Fsp3) is 0.600. The van der Waals surface area contributed by atoms with Gasteiger partial charge in [0.05, 0.1) is 11.6 Å². The molecular formula is C15H18N2OS. The van der Waals surface area contributed by atoms with Crippen LogP contribution in [0.5, 0.6) is 0 Å². The van der Waals surface area contributed by atoms with E-state index < -0.39 is 5.54 Å². The van der Waals surface area contributed by atoms with Gasteiger partial charge in [-0.1, -0.05) is 0 Å². The van der Waals surface area contributed by atoms with Crippen molar-refractivity contribution in [2.45, 2.75) is 56.9 Å². The molecule has 0 aromatic carbocycles. The maximum absolute atomic E-state index is 12.4. The average Bonchev–Trinajstić information content (AvgIpc) is 3.05. The lowest BCUT2D eigenvalue weighted by atomic mass is 9.94. The lowest BCUT2D eigenvalue weighted by Gasteiger charge is -2.22. The first-order chi connectivity index (χ1) is 9.24. The predicted molar refractivity (Wildman–Crippen MR) is 75.2 cm³/mol. The summed E-state index contributed by atoms with van der Waals surface area (Å²) < 4.78 is 0. The number of fused-ring (bicyclic) bond motifs is 1. The van der Waals surface area contributed by atoms with Crippen LogP contribution in [0.2, 0.25) is 0 Å². The monoisotopic (exact) mass is 274 g/mol. The summed E-state index contributed by atoms with van der Waals surface area (Å²) in [6, 6.07) is 2.32. The van der Waals surface area contributed by atoms with Crippen molar-refractivity contribution in [1.82, 2.24) is 5.32 Å². The molecule has 0 unspecified atom stereocenters. The summed E-state index contributed by atoms with van der Waals surface area (Å²) in [5.41, 5.74) is 1.45. The average molecular weight is 274 g/mol. The molecule has 4 heteroatoms. The third-order valence-corrected chi connectivity index (χ3v) is 5.42. The Morgan fingerprint density at radius 3 is 2.74 bits per heavy atom. The Labute approximate surface area is 117 Å². The highest BCUT2D eigenvalue weighted by molar-refractivity contribution is 7.10. The number of hydrogen-bond acceptors (Lipinski definition) is 3. The van der Waals surface area contributed by atoms with Gasteiger partial charge in [0, 0.05) is 10.3 Å². The van der Waals surface area contributed by atoms with E-state index in [-0.39, 0.29) is 5.91 Å². The molecule has 1 amide bonds. The van der Waals surface area contributed by atoms with Crippen LogP contribution in [0.15, 0.2) is 5.38 Å².